The van der Waals surface area contributed by atoms with Crippen molar-refractivity contribution in [1.29, 1.82) is 0 Å². The zero-order chi connectivity index (χ0) is 12.1. The van der Waals surface area contributed by atoms with E-state index in [4.69, 9.17) is 0 Å². The Hall–Kier alpha value is -0.980. The van der Waals surface area contributed by atoms with Crippen molar-refractivity contribution >= 4 is 0 Å². The van der Waals surface area contributed by atoms with Gasteiger partial charge in [-0.25, -0.2) is 4.98 Å². The Balaban J connectivity index is 1.57. The molecule has 1 saturated heterocycles. The lowest BCUT2D eigenvalue weighted by Gasteiger charge is -2.32. The zero-order valence-corrected chi connectivity index (χ0v) is 10.8. The van der Waals surface area contributed by atoms with Gasteiger partial charge in [0.25, 0.3) is 0 Å². The van der Waals surface area contributed by atoms with Crippen LogP contribution in [-0.2, 0) is 13.6 Å². The standard InChI is InChI=1S/C11H22N6/c1-15-5-7-17(8-6-15)4-3-12-9-11-13-10-16(2)14-11/h10,12H,3-9H2,1-2H3. The molecule has 2 heterocycles. The largest absolute Gasteiger partial charge is 0.308 e. The predicted molar refractivity (Wildman–Crippen MR) is 66.6 cm³/mol. The van der Waals surface area contributed by atoms with Crippen LogP contribution in [0.1, 0.15) is 5.82 Å². The van der Waals surface area contributed by atoms with E-state index in [1.807, 2.05) is 7.05 Å². The monoisotopic (exact) mass is 238 g/mol. The fourth-order valence-corrected chi connectivity index (χ4v) is 1.97. The molecule has 0 amide bonds. The molecule has 0 atom stereocenters. The van der Waals surface area contributed by atoms with Crippen molar-refractivity contribution in [2.45, 2.75) is 6.54 Å². The van der Waals surface area contributed by atoms with Crippen LogP contribution < -0.4 is 5.32 Å². The molecule has 0 aliphatic carbocycles. The molecule has 0 unspecified atom stereocenters. The number of likely N-dealkylation sites (N-methyl/N-ethyl adjacent to an activating group) is 1. The minimum Gasteiger partial charge on any atom is -0.308 e. The lowest BCUT2D eigenvalue weighted by atomic mass is 10.3. The molecule has 0 saturated carbocycles. The van der Waals surface area contributed by atoms with E-state index >= 15 is 0 Å². The molecule has 1 aliphatic heterocycles. The second-order valence-electron chi connectivity index (χ2n) is 4.66. The maximum absolute atomic E-state index is 4.23. The summed E-state index contributed by atoms with van der Waals surface area (Å²) in [5.74, 6) is 0.867. The number of aryl methyl sites for hydroxylation is 1. The summed E-state index contributed by atoms with van der Waals surface area (Å²) < 4.78 is 1.73. The molecule has 17 heavy (non-hydrogen) atoms. The van der Waals surface area contributed by atoms with E-state index in [1.165, 1.54) is 26.2 Å². The minimum atomic E-state index is 0.759. The first-order chi connectivity index (χ1) is 8.24. The van der Waals surface area contributed by atoms with Crippen molar-refractivity contribution in [3.8, 4) is 0 Å². The van der Waals surface area contributed by atoms with Gasteiger partial charge in [-0.1, -0.05) is 0 Å². The number of rotatable bonds is 5. The Bertz CT molecular complexity index is 328. The number of aromatic nitrogens is 3. The Morgan fingerprint density at radius 1 is 1.24 bits per heavy atom. The first kappa shape index (κ1) is 12.5. The zero-order valence-electron chi connectivity index (χ0n) is 10.8. The molecule has 1 aromatic rings. The van der Waals surface area contributed by atoms with Crippen molar-refractivity contribution in [3.63, 3.8) is 0 Å². The summed E-state index contributed by atoms with van der Waals surface area (Å²) in [6.07, 6.45) is 1.73. The average molecular weight is 238 g/mol. The molecule has 0 spiro atoms. The predicted octanol–water partition coefficient (Wildman–Crippen LogP) is -0.848. The second-order valence-corrected chi connectivity index (χ2v) is 4.66. The summed E-state index contributed by atoms with van der Waals surface area (Å²) in [5.41, 5.74) is 0. The van der Waals surface area contributed by atoms with Crippen LogP contribution in [0.5, 0.6) is 0 Å². The smallest absolute Gasteiger partial charge is 0.164 e. The first-order valence-electron chi connectivity index (χ1n) is 6.20. The summed E-state index contributed by atoms with van der Waals surface area (Å²) in [6.45, 7) is 7.60. The molecule has 0 aromatic carbocycles. The number of nitrogens with one attached hydrogen (secondary N) is 1. The minimum absolute atomic E-state index is 0.759. The fraction of sp³-hybridized carbons (Fsp3) is 0.818. The fourth-order valence-electron chi connectivity index (χ4n) is 1.97. The molecular weight excluding hydrogens is 216 g/mol. The number of piperazine rings is 1. The third kappa shape index (κ3) is 4.07. The Morgan fingerprint density at radius 3 is 2.65 bits per heavy atom. The summed E-state index contributed by atoms with van der Waals surface area (Å²) in [4.78, 5) is 9.05. The molecule has 6 heteroatoms. The first-order valence-corrected chi connectivity index (χ1v) is 6.20. The van der Waals surface area contributed by atoms with Gasteiger partial charge >= 0.3 is 0 Å². The normalized spacial score (nSPS) is 18.7. The molecule has 1 aromatic heterocycles. The molecule has 1 aliphatic rings. The van der Waals surface area contributed by atoms with Crippen LogP contribution in [0.4, 0.5) is 0 Å². The third-order valence-electron chi connectivity index (χ3n) is 3.13. The topological polar surface area (TPSA) is 49.2 Å². The van der Waals surface area contributed by atoms with Gasteiger partial charge in [-0.05, 0) is 7.05 Å². The van der Waals surface area contributed by atoms with Crippen LogP contribution in [0.25, 0.3) is 0 Å². The lowest BCUT2D eigenvalue weighted by Crippen LogP contribution is -2.46. The van der Waals surface area contributed by atoms with Gasteiger partial charge in [0.15, 0.2) is 5.82 Å². The van der Waals surface area contributed by atoms with Crippen LogP contribution in [-0.4, -0.2) is 70.9 Å². The van der Waals surface area contributed by atoms with Crippen LogP contribution >= 0.6 is 0 Å². The third-order valence-corrected chi connectivity index (χ3v) is 3.13. The van der Waals surface area contributed by atoms with E-state index in [0.717, 1.165) is 25.5 Å². The maximum Gasteiger partial charge on any atom is 0.164 e. The summed E-state index contributed by atoms with van der Waals surface area (Å²) in [7, 11) is 4.07. The Labute approximate surface area is 103 Å². The summed E-state index contributed by atoms with van der Waals surface area (Å²) in [6, 6.07) is 0. The molecule has 1 N–H and O–H groups in total. The van der Waals surface area contributed by atoms with Crippen LogP contribution in [0, 0.1) is 0 Å². The lowest BCUT2D eigenvalue weighted by molar-refractivity contribution is 0.154. The van der Waals surface area contributed by atoms with Crippen molar-refractivity contribution < 1.29 is 0 Å². The van der Waals surface area contributed by atoms with Gasteiger partial charge in [0.1, 0.15) is 6.33 Å². The molecule has 6 nitrogen and oxygen atoms in total. The van der Waals surface area contributed by atoms with Gasteiger partial charge in [0, 0.05) is 46.3 Å². The van der Waals surface area contributed by atoms with Crippen LogP contribution in [0.15, 0.2) is 6.33 Å². The van der Waals surface area contributed by atoms with Gasteiger partial charge < -0.3 is 10.2 Å². The number of nitrogens with zero attached hydrogens (tertiary/aromatic N) is 5. The van der Waals surface area contributed by atoms with Crippen LogP contribution in [0.3, 0.4) is 0 Å². The maximum atomic E-state index is 4.23. The summed E-state index contributed by atoms with van der Waals surface area (Å²) in [5, 5.41) is 7.61. The summed E-state index contributed by atoms with van der Waals surface area (Å²) >= 11 is 0. The molecule has 2 rings (SSSR count). The van der Waals surface area contributed by atoms with Gasteiger partial charge in [0.2, 0.25) is 0 Å². The van der Waals surface area contributed by atoms with E-state index in [0.29, 0.717) is 0 Å². The van der Waals surface area contributed by atoms with Crippen molar-refractivity contribution in [2.75, 3.05) is 46.3 Å². The van der Waals surface area contributed by atoms with Crippen molar-refractivity contribution in [1.82, 2.24) is 29.9 Å². The van der Waals surface area contributed by atoms with Crippen molar-refractivity contribution in [3.05, 3.63) is 12.2 Å². The van der Waals surface area contributed by atoms with E-state index in [2.05, 4.69) is 32.2 Å². The average Bonchev–Trinajstić information content (AvgIpc) is 2.73. The van der Waals surface area contributed by atoms with Gasteiger partial charge in [-0.3, -0.25) is 9.58 Å². The molecule has 0 radical (unpaired) electrons. The molecular formula is C11H22N6. The molecule has 0 bridgehead atoms. The molecule has 96 valence electrons. The number of hydrogen-bond donors (Lipinski definition) is 1. The van der Waals surface area contributed by atoms with E-state index < -0.39 is 0 Å². The van der Waals surface area contributed by atoms with Gasteiger partial charge in [0.05, 0.1) is 6.54 Å². The Morgan fingerprint density at radius 2 is 2.00 bits per heavy atom. The highest BCUT2D eigenvalue weighted by Gasteiger charge is 2.12. The van der Waals surface area contributed by atoms with Crippen LogP contribution in [0.2, 0.25) is 0 Å². The second kappa shape index (κ2) is 6.09. The van der Waals surface area contributed by atoms with E-state index in [-0.39, 0.29) is 0 Å². The van der Waals surface area contributed by atoms with Gasteiger partial charge in [-0.2, -0.15) is 5.10 Å². The van der Waals surface area contributed by atoms with Crippen molar-refractivity contribution in [2.24, 2.45) is 7.05 Å². The van der Waals surface area contributed by atoms with E-state index in [1.54, 1.807) is 11.0 Å². The molecule has 1 fully saturated rings. The quantitative estimate of drug-likeness (QED) is 0.677. The SMILES string of the molecule is CN1CCN(CCNCc2ncn(C)n2)CC1. The van der Waals surface area contributed by atoms with E-state index in [9.17, 15) is 0 Å². The highest BCUT2D eigenvalue weighted by atomic mass is 15.3. The number of hydrogen-bond acceptors (Lipinski definition) is 5. The Kier molecular flexibility index (Phi) is 4.47. The highest BCUT2D eigenvalue weighted by Crippen LogP contribution is 1.97. The highest BCUT2D eigenvalue weighted by molar-refractivity contribution is 4.80. The van der Waals surface area contributed by atoms with Gasteiger partial charge in [-0.15, -0.1) is 0 Å².